The van der Waals surface area contributed by atoms with Crippen LogP contribution in [0.3, 0.4) is 0 Å². The summed E-state index contributed by atoms with van der Waals surface area (Å²) in [6.07, 6.45) is -4.43. The summed E-state index contributed by atoms with van der Waals surface area (Å²) in [5.41, 5.74) is 0. The molecule has 8 atom stereocenters. The van der Waals surface area contributed by atoms with E-state index in [0.717, 1.165) is 0 Å². The van der Waals surface area contributed by atoms with Crippen LogP contribution in [-0.4, -0.2) is 62.8 Å². The zero-order valence-electron chi connectivity index (χ0n) is 9.68. The summed E-state index contributed by atoms with van der Waals surface area (Å²) in [4.78, 5) is 0. The van der Waals surface area contributed by atoms with Crippen LogP contribution < -0.4 is 0 Å². The molecule has 7 unspecified atom stereocenters. The largest absolute Gasteiger partial charge is 0.394 e. The molecular weight excluding hydrogens is 228 g/mol. The van der Waals surface area contributed by atoms with Gasteiger partial charge < -0.3 is 30.3 Å². The van der Waals surface area contributed by atoms with Crippen LogP contribution in [0.2, 0.25) is 0 Å². The third kappa shape index (κ3) is 2.33. The molecule has 6 nitrogen and oxygen atoms in total. The highest BCUT2D eigenvalue weighted by molar-refractivity contribution is 4.99. The van der Waals surface area contributed by atoms with Gasteiger partial charge in [0.05, 0.1) is 24.9 Å². The standard InChI is InChI=1S/C11H20O6/c1-4(5-2-6(5)13)8-7(3-12)17-11(16)10(15)9(8)14/h4-16H,2-3H2,1H3/t4?,5?,6-,7?,8?,9?,10?,11?/m0/s1. The molecule has 0 spiro atoms. The lowest BCUT2D eigenvalue weighted by Crippen LogP contribution is -2.57. The molecule has 17 heavy (non-hydrogen) atoms. The van der Waals surface area contributed by atoms with Gasteiger partial charge >= 0.3 is 0 Å². The minimum absolute atomic E-state index is 0.0646. The quantitative estimate of drug-likeness (QED) is 0.397. The Morgan fingerprint density at radius 1 is 1.18 bits per heavy atom. The molecule has 0 radical (unpaired) electrons. The lowest BCUT2D eigenvalue weighted by molar-refractivity contribution is -0.281. The summed E-state index contributed by atoms with van der Waals surface area (Å²) in [5.74, 6) is -0.505. The summed E-state index contributed by atoms with van der Waals surface area (Å²) < 4.78 is 5.08. The number of hydrogen-bond donors (Lipinski definition) is 5. The van der Waals surface area contributed by atoms with E-state index < -0.39 is 30.5 Å². The van der Waals surface area contributed by atoms with Crippen LogP contribution in [-0.2, 0) is 4.74 Å². The molecule has 2 aliphatic rings. The van der Waals surface area contributed by atoms with Crippen molar-refractivity contribution in [3.63, 3.8) is 0 Å². The van der Waals surface area contributed by atoms with Crippen molar-refractivity contribution in [2.24, 2.45) is 17.8 Å². The molecule has 0 aromatic carbocycles. The minimum Gasteiger partial charge on any atom is -0.394 e. The fraction of sp³-hybridized carbons (Fsp3) is 1.00. The van der Waals surface area contributed by atoms with E-state index in [2.05, 4.69) is 0 Å². The first-order valence-electron chi connectivity index (χ1n) is 5.96. The number of aliphatic hydroxyl groups excluding tert-OH is 5. The highest BCUT2D eigenvalue weighted by Crippen LogP contribution is 2.44. The highest BCUT2D eigenvalue weighted by Gasteiger charge is 2.51. The van der Waals surface area contributed by atoms with Crippen molar-refractivity contribution in [1.82, 2.24) is 0 Å². The maximum absolute atomic E-state index is 9.96. The van der Waals surface area contributed by atoms with Gasteiger partial charge in [0, 0.05) is 5.92 Å². The summed E-state index contributed by atoms with van der Waals surface area (Å²) >= 11 is 0. The average molecular weight is 248 g/mol. The molecule has 0 amide bonds. The molecule has 1 saturated carbocycles. The van der Waals surface area contributed by atoms with Crippen molar-refractivity contribution in [2.75, 3.05) is 6.61 Å². The molecule has 1 aliphatic carbocycles. The van der Waals surface area contributed by atoms with Gasteiger partial charge in [0.15, 0.2) is 6.29 Å². The van der Waals surface area contributed by atoms with E-state index in [0.29, 0.717) is 6.42 Å². The first-order valence-corrected chi connectivity index (χ1v) is 5.96. The second kappa shape index (κ2) is 4.79. The van der Waals surface area contributed by atoms with Crippen molar-refractivity contribution in [2.45, 2.75) is 44.1 Å². The van der Waals surface area contributed by atoms with E-state index in [9.17, 15) is 25.5 Å². The van der Waals surface area contributed by atoms with Gasteiger partial charge in [0.1, 0.15) is 6.10 Å². The highest BCUT2D eigenvalue weighted by atomic mass is 16.6. The van der Waals surface area contributed by atoms with E-state index in [1.807, 2.05) is 6.92 Å². The average Bonchev–Trinajstić information content (AvgIpc) is 3.02. The molecule has 1 heterocycles. The zero-order chi connectivity index (χ0) is 12.7. The molecule has 0 aromatic heterocycles. The molecule has 5 N–H and O–H groups in total. The van der Waals surface area contributed by atoms with Crippen LogP contribution in [0.1, 0.15) is 13.3 Å². The smallest absolute Gasteiger partial charge is 0.183 e. The topological polar surface area (TPSA) is 110 Å². The number of ether oxygens (including phenoxy) is 1. The number of aliphatic hydroxyl groups is 5. The molecule has 100 valence electrons. The van der Waals surface area contributed by atoms with Crippen LogP contribution in [0, 0.1) is 17.8 Å². The molecule has 6 heteroatoms. The first-order chi connectivity index (χ1) is 7.97. The molecule has 2 fully saturated rings. The van der Waals surface area contributed by atoms with E-state index in [-0.39, 0.29) is 24.5 Å². The summed E-state index contributed by atoms with van der Waals surface area (Å²) in [7, 11) is 0. The van der Waals surface area contributed by atoms with Gasteiger partial charge in [0.25, 0.3) is 0 Å². The lowest BCUT2D eigenvalue weighted by atomic mass is 9.77. The van der Waals surface area contributed by atoms with Gasteiger partial charge in [0.2, 0.25) is 0 Å². The normalized spacial score (nSPS) is 52.2. The Balaban J connectivity index is 2.10. The Labute approximate surface area is 99.5 Å². The van der Waals surface area contributed by atoms with E-state index in [1.165, 1.54) is 0 Å². The molecule has 1 aliphatic heterocycles. The van der Waals surface area contributed by atoms with Gasteiger partial charge in [-0.05, 0) is 18.3 Å². The number of rotatable bonds is 3. The first kappa shape index (κ1) is 13.2. The van der Waals surface area contributed by atoms with E-state index in [1.54, 1.807) is 0 Å². The Hall–Kier alpha value is -0.240. The third-order valence-corrected chi connectivity index (χ3v) is 4.05. The van der Waals surface area contributed by atoms with Gasteiger partial charge in [-0.2, -0.15) is 0 Å². The fourth-order valence-electron chi connectivity index (χ4n) is 2.83. The van der Waals surface area contributed by atoms with Crippen molar-refractivity contribution in [3.8, 4) is 0 Å². The van der Waals surface area contributed by atoms with Crippen molar-refractivity contribution < 1.29 is 30.3 Å². The lowest BCUT2D eigenvalue weighted by Gasteiger charge is -2.43. The monoisotopic (exact) mass is 248 g/mol. The maximum atomic E-state index is 9.96. The van der Waals surface area contributed by atoms with Gasteiger partial charge in [-0.1, -0.05) is 6.92 Å². The molecule has 1 saturated heterocycles. The summed E-state index contributed by atoms with van der Waals surface area (Å²) in [5, 5.41) is 47.5. The SMILES string of the molecule is CC(C1C(CO)OC(O)C(O)C1O)C1C[C@@H]1O. The van der Waals surface area contributed by atoms with Crippen LogP contribution in [0.4, 0.5) is 0 Å². The second-order valence-electron chi connectivity index (χ2n) is 5.13. The predicted octanol–water partition coefficient (Wildman–Crippen LogP) is -1.95. The van der Waals surface area contributed by atoms with Crippen LogP contribution in [0.5, 0.6) is 0 Å². The van der Waals surface area contributed by atoms with E-state index >= 15 is 0 Å². The van der Waals surface area contributed by atoms with Crippen LogP contribution in [0.15, 0.2) is 0 Å². The van der Waals surface area contributed by atoms with Crippen molar-refractivity contribution in [3.05, 3.63) is 0 Å². The summed E-state index contributed by atoms with van der Waals surface area (Å²) in [6.45, 7) is 1.52. The van der Waals surface area contributed by atoms with Crippen LogP contribution >= 0.6 is 0 Å². The Kier molecular flexibility index (Phi) is 3.72. The van der Waals surface area contributed by atoms with Crippen LogP contribution in [0.25, 0.3) is 0 Å². The Morgan fingerprint density at radius 2 is 1.76 bits per heavy atom. The van der Waals surface area contributed by atoms with Gasteiger partial charge in [-0.25, -0.2) is 0 Å². The predicted molar refractivity (Wildman–Crippen MR) is 56.7 cm³/mol. The number of hydrogen-bond acceptors (Lipinski definition) is 6. The second-order valence-corrected chi connectivity index (χ2v) is 5.13. The van der Waals surface area contributed by atoms with Crippen molar-refractivity contribution >= 4 is 0 Å². The maximum Gasteiger partial charge on any atom is 0.183 e. The minimum atomic E-state index is -1.48. The molecular formula is C11H20O6. The molecule has 0 bridgehead atoms. The zero-order valence-corrected chi connectivity index (χ0v) is 9.68. The molecule has 2 rings (SSSR count). The third-order valence-electron chi connectivity index (χ3n) is 4.05. The fourth-order valence-corrected chi connectivity index (χ4v) is 2.83. The Morgan fingerprint density at radius 3 is 2.24 bits per heavy atom. The van der Waals surface area contributed by atoms with Gasteiger partial charge in [-0.3, -0.25) is 0 Å². The van der Waals surface area contributed by atoms with Crippen molar-refractivity contribution in [1.29, 1.82) is 0 Å². The molecule has 0 aromatic rings. The summed E-state index contributed by atoms with van der Waals surface area (Å²) in [6, 6.07) is 0. The van der Waals surface area contributed by atoms with E-state index in [4.69, 9.17) is 4.74 Å². The van der Waals surface area contributed by atoms with Gasteiger partial charge in [-0.15, -0.1) is 0 Å². The Bertz CT molecular complexity index is 266.